The van der Waals surface area contributed by atoms with Crippen LogP contribution in [0, 0.1) is 46.3 Å². The van der Waals surface area contributed by atoms with Crippen LogP contribution in [0.5, 0.6) is 0 Å². The molecule has 1 aromatic heterocycles. The number of nitrogens with zero attached hydrogens (tertiary/aromatic N) is 1. The van der Waals surface area contributed by atoms with Crippen molar-refractivity contribution in [2.45, 2.75) is 110 Å². The van der Waals surface area contributed by atoms with E-state index in [2.05, 4.69) is 32.0 Å². The Bertz CT molecular complexity index is 790. The lowest BCUT2D eigenvalue weighted by Gasteiger charge is -2.61. The van der Waals surface area contributed by atoms with Gasteiger partial charge in [-0.1, -0.05) is 51.6 Å². The smallest absolute Gasteiger partial charge is 0.137 e. The van der Waals surface area contributed by atoms with E-state index in [0.717, 1.165) is 41.9 Å². The molecule has 1 aromatic rings. The molecule has 5 aliphatic rings. The van der Waals surface area contributed by atoms with Gasteiger partial charge >= 0.3 is 0 Å². The minimum absolute atomic E-state index is 0.455. The van der Waals surface area contributed by atoms with Crippen LogP contribution >= 0.6 is 9.47 Å². The number of rotatable bonds is 3. The third-order valence-electron chi connectivity index (χ3n) is 11.6. The maximum Gasteiger partial charge on any atom is 0.137 e. The van der Waals surface area contributed by atoms with Crippen LogP contribution in [-0.4, -0.2) is 10.1 Å². The van der Waals surface area contributed by atoms with E-state index >= 15 is 0 Å². The summed E-state index contributed by atoms with van der Waals surface area (Å²) in [5.41, 5.74) is 2.40. The first-order valence-corrected chi connectivity index (χ1v) is 14.2. The van der Waals surface area contributed by atoms with Gasteiger partial charge in [0.05, 0.1) is 5.69 Å². The Labute approximate surface area is 198 Å². The summed E-state index contributed by atoms with van der Waals surface area (Å²) in [6.45, 7) is 7.85. The lowest BCUT2D eigenvalue weighted by molar-refractivity contribution is -0.112. The molecule has 0 amide bonds. The van der Waals surface area contributed by atoms with Gasteiger partial charge in [-0.15, -0.1) is 0 Å². The first-order valence-electron chi connectivity index (χ1n) is 13.7. The van der Waals surface area contributed by atoms with Crippen molar-refractivity contribution < 1.29 is 9.42 Å². The molecular formula is C28H46NO2P. The molecule has 5 aliphatic carbocycles. The van der Waals surface area contributed by atoms with Crippen molar-refractivity contribution in [3.8, 4) is 0 Å². The predicted octanol–water partition coefficient (Wildman–Crippen LogP) is 7.55. The molecule has 4 heteroatoms. The van der Waals surface area contributed by atoms with Gasteiger partial charge in [-0.2, -0.15) is 0 Å². The molecule has 0 spiro atoms. The molecule has 6 rings (SSSR count). The summed E-state index contributed by atoms with van der Waals surface area (Å²) in [7, 11) is 1.42. The van der Waals surface area contributed by atoms with Crippen LogP contribution in [0.3, 0.4) is 0 Å². The fourth-order valence-electron chi connectivity index (χ4n) is 9.53. The molecule has 5 saturated carbocycles. The summed E-state index contributed by atoms with van der Waals surface area (Å²) in [5.74, 6) is 7.53. The van der Waals surface area contributed by atoms with Gasteiger partial charge < -0.3 is 9.42 Å². The maximum absolute atomic E-state index is 6.92. The van der Waals surface area contributed by atoms with Crippen molar-refractivity contribution in [2.75, 3.05) is 0 Å². The van der Waals surface area contributed by atoms with Crippen molar-refractivity contribution in [1.29, 1.82) is 0 Å². The topological polar surface area (TPSA) is 46.3 Å². The molecule has 9 atom stereocenters. The molecule has 1 N–H and O–H groups in total. The average molecular weight is 460 g/mol. The van der Waals surface area contributed by atoms with E-state index in [9.17, 15) is 0 Å². The predicted molar refractivity (Wildman–Crippen MR) is 133 cm³/mol. The lowest BCUT2D eigenvalue weighted by Crippen LogP contribution is -2.53. The summed E-state index contributed by atoms with van der Waals surface area (Å²) in [5, 5.41) is 4.66. The molecule has 180 valence electrons. The van der Waals surface area contributed by atoms with E-state index < -0.39 is 0 Å². The second kappa shape index (κ2) is 8.99. The largest absolute Gasteiger partial charge is 0.380 e. The van der Waals surface area contributed by atoms with Crippen molar-refractivity contribution in [3.63, 3.8) is 0 Å². The number of aromatic nitrogens is 1. The summed E-state index contributed by atoms with van der Waals surface area (Å²) < 4.78 is 5.86. The molecule has 0 bridgehead atoms. The highest BCUT2D eigenvalue weighted by Gasteiger charge is 2.60. The molecular weight excluding hydrogens is 413 g/mol. The molecule has 5 fully saturated rings. The van der Waals surface area contributed by atoms with Crippen LogP contribution in [0.1, 0.15) is 115 Å². The quantitative estimate of drug-likeness (QED) is 0.475. The molecule has 0 aliphatic heterocycles. The molecule has 0 aromatic carbocycles. The summed E-state index contributed by atoms with van der Waals surface area (Å²) in [6, 6.07) is 2.36. The standard InChI is InChI=1S/C28H43NO.H3OP/c1-18-11-13-27(2)20(15-18)7-8-22-23-9-10-25(28(23,3)14-12-24(22)27)26-17-21(30-29-26)16-19-5-4-6-19;1-2/h17-20,22-25H,4-16H2,1-3H3;1H,2H2. The maximum atomic E-state index is 6.92. The summed E-state index contributed by atoms with van der Waals surface area (Å²) >= 11 is 0. The summed E-state index contributed by atoms with van der Waals surface area (Å²) in [6.07, 6.45) is 18.5. The summed E-state index contributed by atoms with van der Waals surface area (Å²) in [4.78, 5) is 6.92. The highest BCUT2D eigenvalue weighted by Crippen LogP contribution is 2.69. The Balaban J connectivity index is 0.00000105. The van der Waals surface area contributed by atoms with Gasteiger partial charge in [0.15, 0.2) is 0 Å². The second-order valence-electron chi connectivity index (χ2n) is 12.9. The van der Waals surface area contributed by atoms with Crippen molar-refractivity contribution in [2.24, 2.45) is 46.3 Å². The molecule has 3 nitrogen and oxygen atoms in total. The fraction of sp³-hybridized carbons (Fsp3) is 0.893. The lowest BCUT2D eigenvalue weighted by atomic mass is 9.44. The van der Waals surface area contributed by atoms with Crippen LogP contribution in [0.15, 0.2) is 10.6 Å². The zero-order chi connectivity index (χ0) is 22.5. The SMILES string of the molecule is CC1CCC2(C)C(CCC3C2CCC2(C)C(c4cc(CC5CCC5)on4)CCC32)C1.OP. The Morgan fingerprint density at radius 1 is 0.969 bits per heavy atom. The molecule has 0 saturated heterocycles. The Morgan fingerprint density at radius 2 is 1.72 bits per heavy atom. The van der Waals surface area contributed by atoms with Crippen LogP contribution < -0.4 is 0 Å². The number of hydrogen-bond acceptors (Lipinski definition) is 3. The van der Waals surface area contributed by atoms with Gasteiger partial charge in [-0.3, -0.25) is 0 Å². The minimum Gasteiger partial charge on any atom is -0.380 e. The van der Waals surface area contributed by atoms with Crippen molar-refractivity contribution >= 4 is 9.47 Å². The van der Waals surface area contributed by atoms with Gasteiger partial charge in [0.2, 0.25) is 0 Å². The van der Waals surface area contributed by atoms with E-state index in [4.69, 9.17) is 9.42 Å². The number of fused-ring (bicyclic) bond motifs is 5. The average Bonchev–Trinajstić information content (AvgIpc) is 3.36. The van der Waals surface area contributed by atoms with E-state index in [0.29, 0.717) is 16.7 Å². The number of hydrogen-bond donors (Lipinski definition) is 1. The van der Waals surface area contributed by atoms with Gasteiger partial charge in [-0.05, 0) is 107 Å². The zero-order valence-corrected chi connectivity index (χ0v) is 21.8. The third-order valence-corrected chi connectivity index (χ3v) is 11.6. The normalized spacial score (nSPS) is 45.7. The fourth-order valence-corrected chi connectivity index (χ4v) is 9.53. The van der Waals surface area contributed by atoms with E-state index in [1.807, 2.05) is 0 Å². The van der Waals surface area contributed by atoms with Crippen molar-refractivity contribution in [3.05, 3.63) is 17.5 Å². The van der Waals surface area contributed by atoms with Crippen LogP contribution in [0.2, 0.25) is 0 Å². The minimum atomic E-state index is 0.455. The first-order chi connectivity index (χ1) is 15.5. The van der Waals surface area contributed by atoms with Crippen LogP contribution in [0.25, 0.3) is 0 Å². The molecule has 32 heavy (non-hydrogen) atoms. The van der Waals surface area contributed by atoms with Crippen molar-refractivity contribution in [1.82, 2.24) is 5.16 Å². The van der Waals surface area contributed by atoms with E-state index in [1.165, 1.54) is 98.0 Å². The highest BCUT2D eigenvalue weighted by molar-refractivity contribution is 7.08. The Morgan fingerprint density at radius 3 is 2.47 bits per heavy atom. The Hall–Kier alpha value is -0.400. The molecule has 0 radical (unpaired) electrons. The van der Waals surface area contributed by atoms with E-state index in [-0.39, 0.29) is 0 Å². The first kappa shape index (κ1) is 23.3. The zero-order valence-electron chi connectivity index (χ0n) is 20.7. The Kier molecular flexibility index (Phi) is 6.56. The monoisotopic (exact) mass is 459 g/mol. The van der Waals surface area contributed by atoms with Gasteiger partial charge in [0.1, 0.15) is 5.76 Å². The van der Waals surface area contributed by atoms with Crippen LogP contribution in [-0.2, 0) is 6.42 Å². The van der Waals surface area contributed by atoms with Gasteiger partial charge in [-0.25, -0.2) is 0 Å². The van der Waals surface area contributed by atoms with Crippen LogP contribution in [0.4, 0.5) is 0 Å². The van der Waals surface area contributed by atoms with E-state index in [1.54, 1.807) is 0 Å². The highest BCUT2D eigenvalue weighted by atomic mass is 31.0. The van der Waals surface area contributed by atoms with Gasteiger partial charge in [0.25, 0.3) is 0 Å². The second-order valence-corrected chi connectivity index (χ2v) is 12.9. The van der Waals surface area contributed by atoms with Gasteiger partial charge in [0, 0.05) is 18.4 Å². The molecule has 9 unspecified atom stereocenters. The molecule has 1 heterocycles. The third kappa shape index (κ3) is 3.73.